The Balaban J connectivity index is 4.09. The molecule has 0 bridgehead atoms. The van der Waals surface area contributed by atoms with Gasteiger partial charge in [-0.2, -0.15) is 0 Å². The number of nitrogens with zero attached hydrogens (tertiary/aromatic N) is 1. The molecule has 0 aromatic heterocycles. The van der Waals surface area contributed by atoms with Crippen LogP contribution in [-0.2, 0) is 0 Å². The number of hydrogen-bond donors (Lipinski definition) is 0. The Kier molecular flexibility index (Phi) is 10.4. The highest BCUT2D eigenvalue weighted by Gasteiger charge is 2.15. The first-order chi connectivity index (χ1) is 7.29. The lowest BCUT2D eigenvalue weighted by Gasteiger charge is -2.31. The predicted molar refractivity (Wildman–Crippen MR) is 70.4 cm³/mol. The molecule has 0 rings (SSSR count). The van der Waals surface area contributed by atoms with Gasteiger partial charge in [-0.05, 0) is 38.8 Å². The molecule has 0 spiro atoms. The highest BCUT2D eigenvalue weighted by atomic mass is 15.1. The van der Waals surface area contributed by atoms with Crippen LogP contribution in [0.4, 0.5) is 0 Å². The van der Waals surface area contributed by atoms with Gasteiger partial charge in [0.15, 0.2) is 0 Å². The summed E-state index contributed by atoms with van der Waals surface area (Å²) in [5.41, 5.74) is 0. The summed E-state index contributed by atoms with van der Waals surface area (Å²) in [6, 6.07) is 0.853. The van der Waals surface area contributed by atoms with E-state index in [1.165, 1.54) is 58.0 Å². The molecule has 0 saturated heterocycles. The Morgan fingerprint density at radius 2 is 1.33 bits per heavy atom. The van der Waals surface area contributed by atoms with Crippen LogP contribution >= 0.6 is 0 Å². The van der Waals surface area contributed by atoms with Crippen molar-refractivity contribution in [3.8, 4) is 0 Å². The van der Waals surface area contributed by atoms with Crippen LogP contribution in [0.25, 0.3) is 0 Å². The quantitative estimate of drug-likeness (QED) is 0.517. The smallest absolute Gasteiger partial charge is 0.00950 e. The maximum atomic E-state index is 2.73. The molecule has 0 heterocycles. The van der Waals surface area contributed by atoms with Crippen molar-refractivity contribution in [1.82, 2.24) is 4.90 Å². The lowest BCUT2D eigenvalue weighted by Crippen LogP contribution is -2.36. The molecule has 0 N–H and O–H groups in total. The molecule has 92 valence electrons. The second-order valence-electron chi connectivity index (χ2n) is 4.62. The first-order valence-electron chi connectivity index (χ1n) is 7.04. The average Bonchev–Trinajstić information content (AvgIpc) is 2.24. The van der Waals surface area contributed by atoms with Crippen LogP contribution in [0.1, 0.15) is 72.6 Å². The van der Waals surface area contributed by atoms with Gasteiger partial charge in [0.1, 0.15) is 0 Å². The Morgan fingerprint density at radius 1 is 0.733 bits per heavy atom. The van der Waals surface area contributed by atoms with Gasteiger partial charge in [0.25, 0.3) is 0 Å². The number of unbranched alkanes of at least 4 members (excludes halogenated alkanes) is 1. The molecule has 0 saturated carbocycles. The fourth-order valence-electron chi connectivity index (χ4n) is 2.30. The van der Waals surface area contributed by atoms with Crippen molar-refractivity contribution in [3.63, 3.8) is 0 Å². The van der Waals surface area contributed by atoms with Crippen LogP contribution in [0.2, 0.25) is 0 Å². The minimum absolute atomic E-state index is 0.853. The third kappa shape index (κ3) is 6.94. The van der Waals surface area contributed by atoms with Crippen LogP contribution < -0.4 is 0 Å². The molecule has 0 unspecified atom stereocenters. The van der Waals surface area contributed by atoms with Crippen molar-refractivity contribution >= 4 is 0 Å². The molecule has 0 radical (unpaired) electrons. The molecule has 15 heavy (non-hydrogen) atoms. The Hall–Kier alpha value is -0.0400. The first-order valence-corrected chi connectivity index (χ1v) is 7.04. The number of rotatable bonds is 10. The second-order valence-corrected chi connectivity index (χ2v) is 4.62. The van der Waals surface area contributed by atoms with E-state index in [-0.39, 0.29) is 0 Å². The highest BCUT2D eigenvalue weighted by molar-refractivity contribution is 4.70. The Morgan fingerprint density at radius 3 is 1.73 bits per heavy atom. The van der Waals surface area contributed by atoms with E-state index in [9.17, 15) is 0 Å². The zero-order chi connectivity index (χ0) is 11.5. The minimum Gasteiger partial charge on any atom is -0.300 e. The lowest BCUT2D eigenvalue weighted by molar-refractivity contribution is 0.172. The molecule has 0 aromatic carbocycles. The molecule has 0 aliphatic carbocycles. The van der Waals surface area contributed by atoms with Gasteiger partial charge < -0.3 is 4.90 Å². The molecule has 0 aromatic rings. The van der Waals surface area contributed by atoms with Gasteiger partial charge in [-0.3, -0.25) is 0 Å². The van der Waals surface area contributed by atoms with Crippen molar-refractivity contribution in [2.45, 2.75) is 78.7 Å². The maximum Gasteiger partial charge on any atom is 0.00950 e. The fraction of sp³-hybridized carbons (Fsp3) is 1.00. The van der Waals surface area contributed by atoms with Gasteiger partial charge in [-0.15, -0.1) is 0 Å². The molecule has 1 heteroatoms. The van der Waals surface area contributed by atoms with E-state index >= 15 is 0 Å². The largest absolute Gasteiger partial charge is 0.300 e. The van der Waals surface area contributed by atoms with Gasteiger partial charge >= 0.3 is 0 Å². The van der Waals surface area contributed by atoms with Crippen LogP contribution in [0.3, 0.4) is 0 Å². The highest BCUT2D eigenvalue weighted by Crippen LogP contribution is 2.14. The van der Waals surface area contributed by atoms with Crippen molar-refractivity contribution in [2.75, 3.05) is 13.1 Å². The van der Waals surface area contributed by atoms with Gasteiger partial charge in [0, 0.05) is 6.04 Å². The zero-order valence-electron chi connectivity index (χ0n) is 11.4. The van der Waals surface area contributed by atoms with Crippen LogP contribution in [0.5, 0.6) is 0 Å². The summed E-state index contributed by atoms with van der Waals surface area (Å²) in [6.07, 6.45) is 9.42. The molecule has 0 atom stereocenters. The first kappa shape index (κ1) is 15.0. The number of hydrogen-bond acceptors (Lipinski definition) is 1. The summed E-state index contributed by atoms with van der Waals surface area (Å²) < 4.78 is 0. The summed E-state index contributed by atoms with van der Waals surface area (Å²) in [7, 11) is 0. The van der Waals surface area contributed by atoms with Crippen LogP contribution in [0.15, 0.2) is 0 Å². The van der Waals surface area contributed by atoms with E-state index in [4.69, 9.17) is 0 Å². The third-order valence-corrected chi connectivity index (χ3v) is 3.07. The molecule has 0 amide bonds. The fourth-order valence-corrected chi connectivity index (χ4v) is 2.30. The topological polar surface area (TPSA) is 3.24 Å². The van der Waals surface area contributed by atoms with Gasteiger partial charge in [0.2, 0.25) is 0 Å². The summed E-state index contributed by atoms with van der Waals surface area (Å²) >= 11 is 0. The Bertz CT molecular complexity index is 117. The standard InChI is InChI=1S/C14H31N/c1-5-9-13-15(12-8-4)14(10-6-2)11-7-3/h14H,5-13H2,1-4H3. The zero-order valence-corrected chi connectivity index (χ0v) is 11.4. The van der Waals surface area contributed by atoms with E-state index in [1.807, 2.05) is 0 Å². The van der Waals surface area contributed by atoms with E-state index in [1.54, 1.807) is 0 Å². The van der Waals surface area contributed by atoms with Crippen molar-refractivity contribution in [3.05, 3.63) is 0 Å². The second kappa shape index (κ2) is 10.5. The Labute approximate surface area is 97.2 Å². The van der Waals surface area contributed by atoms with E-state index in [0.29, 0.717) is 0 Å². The molecule has 0 aliphatic heterocycles. The van der Waals surface area contributed by atoms with Crippen molar-refractivity contribution in [2.24, 2.45) is 0 Å². The lowest BCUT2D eigenvalue weighted by atomic mass is 10.0. The normalized spacial score (nSPS) is 11.6. The molecular weight excluding hydrogens is 182 g/mol. The van der Waals surface area contributed by atoms with Crippen molar-refractivity contribution in [1.29, 1.82) is 0 Å². The predicted octanol–water partition coefficient (Wildman–Crippen LogP) is 4.47. The molecule has 0 fully saturated rings. The van der Waals surface area contributed by atoms with E-state index in [0.717, 1.165) is 6.04 Å². The van der Waals surface area contributed by atoms with Gasteiger partial charge in [-0.25, -0.2) is 0 Å². The SMILES string of the molecule is CCCCN(CCC)C(CCC)CCC. The third-order valence-electron chi connectivity index (χ3n) is 3.07. The molecule has 1 nitrogen and oxygen atoms in total. The van der Waals surface area contributed by atoms with Crippen LogP contribution in [0, 0.1) is 0 Å². The molecular formula is C14H31N. The van der Waals surface area contributed by atoms with E-state index in [2.05, 4.69) is 32.6 Å². The van der Waals surface area contributed by atoms with Crippen molar-refractivity contribution < 1.29 is 0 Å². The monoisotopic (exact) mass is 213 g/mol. The van der Waals surface area contributed by atoms with Crippen LogP contribution in [-0.4, -0.2) is 24.0 Å². The molecule has 0 aliphatic rings. The van der Waals surface area contributed by atoms with Gasteiger partial charge in [-0.1, -0.05) is 47.0 Å². The summed E-state index contributed by atoms with van der Waals surface area (Å²) in [6.45, 7) is 11.8. The summed E-state index contributed by atoms with van der Waals surface area (Å²) in [4.78, 5) is 2.73. The maximum absolute atomic E-state index is 2.73. The van der Waals surface area contributed by atoms with E-state index < -0.39 is 0 Å². The summed E-state index contributed by atoms with van der Waals surface area (Å²) in [5.74, 6) is 0. The summed E-state index contributed by atoms with van der Waals surface area (Å²) in [5, 5.41) is 0. The minimum atomic E-state index is 0.853. The average molecular weight is 213 g/mol. The van der Waals surface area contributed by atoms with Gasteiger partial charge in [0.05, 0.1) is 0 Å².